The highest BCUT2D eigenvalue weighted by Crippen LogP contribution is 2.42. The fraction of sp³-hybridized carbons (Fsp3) is 0.348. The summed E-state index contributed by atoms with van der Waals surface area (Å²) in [5.74, 6) is 0.0343. The molecule has 5 rings (SSSR count). The van der Waals surface area contributed by atoms with E-state index in [4.69, 9.17) is 4.74 Å². The van der Waals surface area contributed by atoms with Crippen molar-refractivity contribution >= 4 is 17.2 Å². The summed E-state index contributed by atoms with van der Waals surface area (Å²) in [4.78, 5) is 27.8. The molecule has 6 nitrogen and oxygen atoms in total. The van der Waals surface area contributed by atoms with Gasteiger partial charge in [-0.3, -0.25) is 19.7 Å². The van der Waals surface area contributed by atoms with Crippen molar-refractivity contribution < 1.29 is 9.53 Å². The van der Waals surface area contributed by atoms with Gasteiger partial charge in [-0.05, 0) is 40.8 Å². The number of nitrogens with zero attached hydrogens (tertiary/aromatic N) is 4. The van der Waals surface area contributed by atoms with Crippen LogP contribution in [0.25, 0.3) is 0 Å². The molecule has 2 aliphatic rings. The predicted molar refractivity (Wildman–Crippen MR) is 115 cm³/mol. The molecule has 0 bridgehead atoms. The second kappa shape index (κ2) is 8.26. The maximum absolute atomic E-state index is 13.8. The van der Waals surface area contributed by atoms with Crippen LogP contribution in [-0.4, -0.2) is 57.5 Å². The fourth-order valence-electron chi connectivity index (χ4n) is 4.60. The van der Waals surface area contributed by atoms with Gasteiger partial charge in [-0.25, -0.2) is 0 Å². The topological polar surface area (TPSA) is 58.6 Å². The Morgan fingerprint density at radius 1 is 1.10 bits per heavy atom. The summed E-state index contributed by atoms with van der Waals surface area (Å²) >= 11 is 1.75. The van der Waals surface area contributed by atoms with Gasteiger partial charge < -0.3 is 9.64 Å². The molecule has 3 aromatic rings. The number of pyridine rings is 2. The van der Waals surface area contributed by atoms with E-state index >= 15 is 0 Å². The first-order chi connectivity index (χ1) is 14.7. The van der Waals surface area contributed by atoms with Gasteiger partial charge in [0.05, 0.1) is 6.61 Å². The number of ether oxygens (including phenoxy) is 1. The standard InChI is InChI=1S/C23H24N4O2S/c28-22-23(29-11-10-27(22)14-18-5-8-24-9-6-18)17-26(15-20-4-2-12-30-20)16-21(23)19-3-1-7-25-13-19/h1-9,12-13,21H,10-11,14-17H2/t21-,23+/m1/s1. The van der Waals surface area contributed by atoms with E-state index in [9.17, 15) is 4.79 Å². The van der Waals surface area contributed by atoms with Crippen LogP contribution in [0.5, 0.6) is 0 Å². The maximum Gasteiger partial charge on any atom is 0.257 e. The largest absolute Gasteiger partial charge is 0.361 e. The van der Waals surface area contributed by atoms with Crippen LogP contribution in [0.4, 0.5) is 0 Å². The molecule has 2 saturated heterocycles. The molecule has 1 amide bonds. The Labute approximate surface area is 180 Å². The van der Waals surface area contributed by atoms with Crippen molar-refractivity contribution in [3.8, 4) is 0 Å². The number of carbonyl (C=O) groups excluding carboxylic acids is 1. The molecule has 0 aliphatic carbocycles. The van der Waals surface area contributed by atoms with Gasteiger partial charge in [0.2, 0.25) is 0 Å². The molecule has 154 valence electrons. The van der Waals surface area contributed by atoms with Crippen molar-refractivity contribution in [1.82, 2.24) is 19.8 Å². The molecule has 2 fully saturated rings. The molecular formula is C23H24N4O2S. The highest BCUT2D eigenvalue weighted by Gasteiger charge is 2.57. The van der Waals surface area contributed by atoms with E-state index < -0.39 is 5.60 Å². The predicted octanol–water partition coefficient (Wildman–Crippen LogP) is 2.94. The fourth-order valence-corrected chi connectivity index (χ4v) is 5.35. The van der Waals surface area contributed by atoms with Crippen molar-refractivity contribution in [3.63, 3.8) is 0 Å². The summed E-state index contributed by atoms with van der Waals surface area (Å²) in [6.07, 6.45) is 7.19. The van der Waals surface area contributed by atoms with Crippen LogP contribution >= 0.6 is 11.3 Å². The lowest BCUT2D eigenvalue weighted by molar-refractivity contribution is -0.173. The van der Waals surface area contributed by atoms with Crippen LogP contribution in [0, 0.1) is 0 Å². The van der Waals surface area contributed by atoms with Gasteiger partial charge in [0.25, 0.3) is 5.91 Å². The normalized spacial score (nSPS) is 24.6. The Kier molecular flexibility index (Phi) is 5.33. The SMILES string of the molecule is O=C1N(Cc2ccncc2)CCO[C@]12CN(Cc1cccs1)C[C@@H]2c1cccnc1. The Hall–Kier alpha value is -2.61. The zero-order valence-corrected chi connectivity index (χ0v) is 17.5. The summed E-state index contributed by atoms with van der Waals surface area (Å²) in [6.45, 7) is 3.93. The summed E-state index contributed by atoms with van der Waals surface area (Å²) in [6, 6.07) is 12.1. The smallest absolute Gasteiger partial charge is 0.257 e. The van der Waals surface area contributed by atoms with Gasteiger partial charge in [0, 0.05) is 68.3 Å². The van der Waals surface area contributed by atoms with Crippen molar-refractivity contribution in [1.29, 1.82) is 0 Å². The molecular weight excluding hydrogens is 396 g/mol. The zero-order chi connectivity index (χ0) is 20.4. The van der Waals surface area contributed by atoms with Crippen molar-refractivity contribution in [2.75, 3.05) is 26.2 Å². The minimum absolute atomic E-state index is 0.0427. The van der Waals surface area contributed by atoms with Crippen LogP contribution in [0.1, 0.15) is 21.9 Å². The van der Waals surface area contributed by atoms with E-state index in [0.29, 0.717) is 26.2 Å². The Bertz CT molecular complexity index is 983. The van der Waals surface area contributed by atoms with Gasteiger partial charge in [0.1, 0.15) is 0 Å². The minimum Gasteiger partial charge on any atom is -0.361 e. The van der Waals surface area contributed by atoms with E-state index in [1.165, 1.54) is 4.88 Å². The first-order valence-electron chi connectivity index (χ1n) is 10.2. The van der Waals surface area contributed by atoms with Crippen molar-refractivity contribution in [2.45, 2.75) is 24.6 Å². The molecule has 30 heavy (non-hydrogen) atoms. The number of likely N-dealkylation sites (tertiary alicyclic amines) is 1. The second-order valence-electron chi connectivity index (χ2n) is 7.91. The summed E-state index contributed by atoms with van der Waals surface area (Å²) < 4.78 is 6.35. The molecule has 3 aromatic heterocycles. The molecule has 0 radical (unpaired) electrons. The number of carbonyl (C=O) groups is 1. The third-order valence-electron chi connectivity index (χ3n) is 6.00. The molecule has 5 heterocycles. The van der Waals surface area contributed by atoms with E-state index in [0.717, 1.165) is 24.2 Å². The molecule has 2 aliphatic heterocycles. The van der Waals surface area contributed by atoms with E-state index in [1.54, 1.807) is 29.9 Å². The average Bonchev–Trinajstić information content (AvgIpc) is 3.42. The van der Waals surface area contributed by atoms with Crippen LogP contribution < -0.4 is 0 Å². The van der Waals surface area contributed by atoms with E-state index in [-0.39, 0.29) is 11.8 Å². The summed E-state index contributed by atoms with van der Waals surface area (Å²) in [5.41, 5.74) is 1.28. The Morgan fingerprint density at radius 3 is 2.77 bits per heavy atom. The molecule has 1 spiro atoms. The first-order valence-corrected chi connectivity index (χ1v) is 11.1. The van der Waals surface area contributed by atoms with Gasteiger partial charge in [-0.15, -0.1) is 11.3 Å². The van der Waals surface area contributed by atoms with Gasteiger partial charge in [0.15, 0.2) is 5.60 Å². The number of hydrogen-bond donors (Lipinski definition) is 0. The first kappa shape index (κ1) is 19.4. The minimum atomic E-state index is -0.869. The second-order valence-corrected chi connectivity index (χ2v) is 8.94. The number of thiophene rings is 1. The van der Waals surface area contributed by atoms with Crippen LogP contribution in [0.15, 0.2) is 66.6 Å². The van der Waals surface area contributed by atoms with Gasteiger partial charge >= 0.3 is 0 Å². The highest BCUT2D eigenvalue weighted by molar-refractivity contribution is 7.09. The summed E-state index contributed by atoms with van der Waals surface area (Å²) in [7, 11) is 0. The lowest BCUT2D eigenvalue weighted by atomic mass is 9.83. The lowest BCUT2D eigenvalue weighted by Gasteiger charge is -2.42. The number of morpholine rings is 1. The maximum atomic E-state index is 13.8. The molecule has 0 aromatic carbocycles. The molecule has 0 saturated carbocycles. The van der Waals surface area contributed by atoms with Crippen LogP contribution in [0.2, 0.25) is 0 Å². The lowest BCUT2D eigenvalue weighted by Crippen LogP contribution is -2.59. The average molecular weight is 421 g/mol. The third kappa shape index (κ3) is 3.64. The van der Waals surface area contributed by atoms with Gasteiger partial charge in [-0.1, -0.05) is 12.1 Å². The van der Waals surface area contributed by atoms with Crippen molar-refractivity contribution in [2.24, 2.45) is 0 Å². The number of rotatable bonds is 5. The van der Waals surface area contributed by atoms with E-state index in [2.05, 4.69) is 38.4 Å². The van der Waals surface area contributed by atoms with Crippen LogP contribution in [0.3, 0.4) is 0 Å². The molecule has 7 heteroatoms. The Balaban J connectivity index is 1.45. The van der Waals surface area contributed by atoms with Crippen LogP contribution in [-0.2, 0) is 22.6 Å². The third-order valence-corrected chi connectivity index (χ3v) is 6.86. The number of amides is 1. The Morgan fingerprint density at radius 2 is 2.00 bits per heavy atom. The van der Waals surface area contributed by atoms with Crippen molar-refractivity contribution in [3.05, 3.63) is 82.6 Å². The monoisotopic (exact) mass is 420 g/mol. The molecule has 0 N–H and O–H groups in total. The zero-order valence-electron chi connectivity index (χ0n) is 16.7. The molecule has 0 unspecified atom stereocenters. The highest BCUT2D eigenvalue weighted by atomic mass is 32.1. The number of hydrogen-bond acceptors (Lipinski definition) is 6. The number of aromatic nitrogens is 2. The quantitative estimate of drug-likeness (QED) is 0.635. The summed E-state index contributed by atoms with van der Waals surface area (Å²) in [5, 5.41) is 2.10. The van der Waals surface area contributed by atoms with Gasteiger partial charge in [-0.2, -0.15) is 0 Å². The van der Waals surface area contributed by atoms with E-state index in [1.807, 2.05) is 29.3 Å². The molecule has 2 atom stereocenters.